The Balaban J connectivity index is 1.51. The minimum atomic E-state index is -0.281. The van der Waals surface area contributed by atoms with Crippen LogP contribution in [0, 0.1) is 5.41 Å². The first-order chi connectivity index (χ1) is 12.4. The Kier molecular flexibility index (Phi) is 4.79. The van der Waals surface area contributed by atoms with Crippen LogP contribution in [0.5, 0.6) is 0 Å². The molecule has 4 unspecified atom stereocenters. The van der Waals surface area contributed by atoms with Gasteiger partial charge < -0.3 is 14.5 Å². The first kappa shape index (κ1) is 18.6. The first-order valence-electron chi connectivity index (χ1n) is 10.3. The fourth-order valence-corrected chi connectivity index (χ4v) is 7.39. The molecule has 2 aliphatic carbocycles. The third-order valence-corrected chi connectivity index (χ3v) is 8.94. The van der Waals surface area contributed by atoms with Gasteiger partial charge in [-0.05, 0) is 39.5 Å². The average Bonchev–Trinajstić information content (AvgIpc) is 3.14. The maximum Gasteiger partial charge on any atom is 0.246 e. The summed E-state index contributed by atoms with van der Waals surface area (Å²) in [7, 11) is 1.96. The van der Waals surface area contributed by atoms with Crippen molar-refractivity contribution in [2.24, 2.45) is 5.41 Å². The topological polar surface area (TPSA) is 49.9 Å². The van der Waals surface area contributed by atoms with Crippen molar-refractivity contribution in [1.82, 2.24) is 9.80 Å². The lowest BCUT2D eigenvalue weighted by Gasteiger charge is -2.60. The van der Waals surface area contributed by atoms with Crippen LogP contribution in [0.25, 0.3) is 0 Å². The Labute approximate surface area is 161 Å². The molecule has 4 atom stereocenters. The van der Waals surface area contributed by atoms with Crippen molar-refractivity contribution in [2.45, 2.75) is 88.3 Å². The van der Waals surface area contributed by atoms with E-state index in [1.165, 1.54) is 32.1 Å². The summed E-state index contributed by atoms with van der Waals surface area (Å²) in [6.07, 6.45) is 8.80. The molecular weight excluding hydrogens is 348 g/mol. The molecule has 0 aromatic carbocycles. The lowest BCUT2D eigenvalue weighted by Crippen LogP contribution is -2.67. The molecule has 2 saturated carbocycles. The van der Waals surface area contributed by atoms with Gasteiger partial charge in [0.15, 0.2) is 0 Å². The number of ether oxygens (including phenoxy) is 1. The van der Waals surface area contributed by atoms with Gasteiger partial charge in [-0.2, -0.15) is 0 Å². The molecular formula is C20H32N2O3S. The molecule has 146 valence electrons. The number of carbonyl (C=O) groups excluding carboxylic acids is 2. The summed E-state index contributed by atoms with van der Waals surface area (Å²) in [6.45, 7) is 4.93. The highest BCUT2D eigenvalue weighted by molar-refractivity contribution is 8.01. The fourth-order valence-electron chi connectivity index (χ4n) is 5.96. The normalized spacial score (nSPS) is 38.3. The van der Waals surface area contributed by atoms with Gasteiger partial charge in [-0.3, -0.25) is 9.59 Å². The van der Waals surface area contributed by atoms with Gasteiger partial charge in [0.2, 0.25) is 11.8 Å². The standard InChI is InChI=1S/C20H32N2O3S/c1-4-25-16-12-15(20(16)9-6-5-7-10-20)21(3)18(24)14-13-26-19(2)11-8-17(23)22(14)19/h14-16H,4-13H2,1-3H3. The molecule has 1 spiro atoms. The molecule has 6 heteroatoms. The number of carbonyl (C=O) groups is 2. The summed E-state index contributed by atoms with van der Waals surface area (Å²) in [4.78, 5) is 29.5. The summed E-state index contributed by atoms with van der Waals surface area (Å²) < 4.78 is 6.05. The highest BCUT2D eigenvalue weighted by Gasteiger charge is 2.60. The molecule has 0 N–H and O–H groups in total. The van der Waals surface area contributed by atoms with Crippen molar-refractivity contribution in [1.29, 1.82) is 0 Å². The molecule has 0 aromatic heterocycles. The summed E-state index contributed by atoms with van der Waals surface area (Å²) in [5, 5.41) is 0. The lowest BCUT2D eigenvalue weighted by molar-refractivity contribution is -0.187. The van der Waals surface area contributed by atoms with E-state index in [-0.39, 0.29) is 34.2 Å². The number of hydrogen-bond donors (Lipinski definition) is 0. The maximum atomic E-state index is 13.4. The molecule has 4 rings (SSSR count). The highest BCUT2D eigenvalue weighted by atomic mass is 32.2. The van der Waals surface area contributed by atoms with Crippen LogP contribution in [0.1, 0.15) is 65.2 Å². The van der Waals surface area contributed by atoms with Crippen molar-refractivity contribution < 1.29 is 14.3 Å². The molecule has 2 aliphatic heterocycles. The molecule has 26 heavy (non-hydrogen) atoms. The molecule has 0 bridgehead atoms. The van der Waals surface area contributed by atoms with E-state index in [9.17, 15) is 9.59 Å². The zero-order valence-electron chi connectivity index (χ0n) is 16.3. The van der Waals surface area contributed by atoms with Gasteiger partial charge in [-0.1, -0.05) is 19.3 Å². The Morgan fingerprint density at radius 2 is 2.04 bits per heavy atom. The average molecular weight is 381 g/mol. The predicted molar refractivity (Wildman–Crippen MR) is 103 cm³/mol. The van der Waals surface area contributed by atoms with Crippen LogP contribution in [-0.2, 0) is 14.3 Å². The second-order valence-corrected chi connectivity index (χ2v) is 10.2. The van der Waals surface area contributed by atoms with E-state index >= 15 is 0 Å². The number of thioether (sulfide) groups is 1. The number of hydrogen-bond acceptors (Lipinski definition) is 4. The van der Waals surface area contributed by atoms with Crippen LogP contribution in [0.15, 0.2) is 0 Å². The highest BCUT2D eigenvalue weighted by Crippen LogP contribution is 2.55. The molecule has 2 amide bonds. The van der Waals surface area contributed by atoms with Crippen LogP contribution in [0.3, 0.4) is 0 Å². The van der Waals surface area contributed by atoms with E-state index in [1.54, 1.807) is 11.8 Å². The number of fused-ring (bicyclic) bond motifs is 1. The molecule has 2 heterocycles. The van der Waals surface area contributed by atoms with Gasteiger partial charge in [-0.15, -0.1) is 11.8 Å². The largest absolute Gasteiger partial charge is 0.378 e. The minimum absolute atomic E-state index is 0.140. The summed E-state index contributed by atoms with van der Waals surface area (Å²) in [5.41, 5.74) is 0.142. The smallest absolute Gasteiger partial charge is 0.246 e. The fraction of sp³-hybridized carbons (Fsp3) is 0.900. The van der Waals surface area contributed by atoms with E-state index in [0.29, 0.717) is 12.5 Å². The van der Waals surface area contributed by atoms with Gasteiger partial charge in [0, 0.05) is 37.3 Å². The molecule has 4 fully saturated rings. The van der Waals surface area contributed by atoms with Crippen LogP contribution < -0.4 is 0 Å². The minimum Gasteiger partial charge on any atom is -0.378 e. The first-order valence-corrected chi connectivity index (χ1v) is 11.3. The van der Waals surface area contributed by atoms with Gasteiger partial charge in [-0.25, -0.2) is 0 Å². The molecule has 0 radical (unpaired) electrons. The van der Waals surface area contributed by atoms with Gasteiger partial charge in [0.05, 0.1) is 11.0 Å². The Morgan fingerprint density at radius 1 is 1.31 bits per heavy atom. The predicted octanol–water partition coefficient (Wildman–Crippen LogP) is 3.03. The van der Waals surface area contributed by atoms with E-state index in [0.717, 1.165) is 25.2 Å². The number of amides is 2. The van der Waals surface area contributed by atoms with Crippen molar-refractivity contribution in [3.05, 3.63) is 0 Å². The maximum absolute atomic E-state index is 13.4. The third kappa shape index (κ3) is 2.62. The molecule has 5 nitrogen and oxygen atoms in total. The van der Waals surface area contributed by atoms with E-state index in [2.05, 4.69) is 13.8 Å². The Hall–Kier alpha value is -0.750. The van der Waals surface area contributed by atoms with Crippen LogP contribution in [0.2, 0.25) is 0 Å². The lowest BCUT2D eigenvalue weighted by atomic mass is 9.54. The molecule has 0 aromatic rings. The van der Waals surface area contributed by atoms with Gasteiger partial charge in [0.25, 0.3) is 0 Å². The van der Waals surface area contributed by atoms with E-state index in [1.807, 2.05) is 16.8 Å². The second kappa shape index (κ2) is 6.69. The zero-order chi connectivity index (χ0) is 18.5. The van der Waals surface area contributed by atoms with Crippen LogP contribution >= 0.6 is 11.8 Å². The van der Waals surface area contributed by atoms with Crippen molar-refractivity contribution in [3.63, 3.8) is 0 Å². The van der Waals surface area contributed by atoms with E-state index in [4.69, 9.17) is 4.74 Å². The van der Waals surface area contributed by atoms with E-state index < -0.39 is 0 Å². The van der Waals surface area contributed by atoms with Crippen molar-refractivity contribution in [2.75, 3.05) is 19.4 Å². The number of rotatable bonds is 4. The SMILES string of the molecule is CCOC1CC(N(C)C(=O)C2CSC3(C)CCC(=O)N23)C12CCCCC2. The second-order valence-electron chi connectivity index (χ2n) is 8.70. The molecule has 4 aliphatic rings. The number of likely N-dealkylation sites (N-methyl/N-ethyl adjacent to an activating group) is 1. The summed E-state index contributed by atoms with van der Waals surface area (Å²) in [5.74, 6) is 1.03. The van der Waals surface area contributed by atoms with Crippen molar-refractivity contribution in [3.8, 4) is 0 Å². The van der Waals surface area contributed by atoms with Crippen molar-refractivity contribution >= 4 is 23.6 Å². The van der Waals surface area contributed by atoms with Crippen LogP contribution in [-0.4, -0.2) is 64.1 Å². The summed E-state index contributed by atoms with van der Waals surface area (Å²) in [6, 6.07) is -0.0156. The molecule has 2 saturated heterocycles. The zero-order valence-corrected chi connectivity index (χ0v) is 17.1. The third-order valence-electron chi connectivity index (χ3n) is 7.44. The number of nitrogens with zero attached hydrogens (tertiary/aromatic N) is 2. The monoisotopic (exact) mass is 380 g/mol. The van der Waals surface area contributed by atoms with Gasteiger partial charge in [0.1, 0.15) is 6.04 Å². The quantitative estimate of drug-likeness (QED) is 0.752. The summed E-state index contributed by atoms with van der Waals surface area (Å²) >= 11 is 1.78. The van der Waals surface area contributed by atoms with Crippen LogP contribution in [0.4, 0.5) is 0 Å². The Morgan fingerprint density at radius 3 is 2.73 bits per heavy atom. The Bertz CT molecular complexity index is 592. The van der Waals surface area contributed by atoms with Gasteiger partial charge >= 0.3 is 0 Å².